The van der Waals surface area contributed by atoms with Crippen LogP contribution in [0.5, 0.6) is 0 Å². The van der Waals surface area contributed by atoms with Gasteiger partial charge in [-0.3, -0.25) is 9.52 Å². The lowest BCUT2D eigenvalue weighted by Gasteiger charge is -2.10. The number of carbonyl (C=O) groups excluding carboxylic acids is 1. The molecule has 0 saturated carbocycles. The molecule has 0 atom stereocenters. The van der Waals surface area contributed by atoms with Gasteiger partial charge in [0.15, 0.2) is 0 Å². The summed E-state index contributed by atoms with van der Waals surface area (Å²) >= 11 is 0. The fourth-order valence-electron chi connectivity index (χ4n) is 2.69. The van der Waals surface area contributed by atoms with Crippen LogP contribution in [0.4, 0.5) is 11.4 Å². The average Bonchev–Trinajstić information content (AvgIpc) is 3.13. The zero-order valence-corrected chi connectivity index (χ0v) is 16.3. The first-order chi connectivity index (χ1) is 13.3. The van der Waals surface area contributed by atoms with Crippen LogP contribution >= 0.6 is 0 Å². The molecule has 0 spiro atoms. The first-order valence-electron chi connectivity index (χ1n) is 8.55. The number of amides is 1. The third kappa shape index (κ3) is 5.11. The van der Waals surface area contributed by atoms with Gasteiger partial charge in [0.1, 0.15) is 5.76 Å². The molecule has 0 fully saturated rings. The van der Waals surface area contributed by atoms with Crippen molar-refractivity contribution in [3.05, 3.63) is 83.8 Å². The lowest BCUT2D eigenvalue weighted by molar-refractivity contribution is -0.111. The van der Waals surface area contributed by atoms with Gasteiger partial charge in [0.05, 0.1) is 11.2 Å². The molecule has 6 nitrogen and oxygen atoms in total. The number of rotatable bonds is 6. The van der Waals surface area contributed by atoms with Crippen LogP contribution in [-0.4, -0.2) is 14.3 Å². The molecule has 3 aromatic rings. The number of hydrogen-bond acceptors (Lipinski definition) is 4. The zero-order chi connectivity index (χ0) is 20.1. The van der Waals surface area contributed by atoms with E-state index in [0.717, 1.165) is 11.1 Å². The van der Waals surface area contributed by atoms with Crippen LogP contribution in [-0.2, 0) is 14.8 Å². The molecule has 1 amide bonds. The summed E-state index contributed by atoms with van der Waals surface area (Å²) in [4.78, 5) is 12.0. The highest BCUT2D eigenvalue weighted by Crippen LogP contribution is 2.20. The predicted octanol–water partition coefficient (Wildman–Crippen LogP) is 4.35. The summed E-state index contributed by atoms with van der Waals surface area (Å²) in [7, 11) is -3.72. The first-order valence-corrected chi connectivity index (χ1v) is 10.0. The van der Waals surface area contributed by atoms with Crippen LogP contribution in [0, 0.1) is 13.8 Å². The van der Waals surface area contributed by atoms with Crippen LogP contribution in [0.2, 0.25) is 0 Å². The second-order valence-electron chi connectivity index (χ2n) is 6.34. The molecule has 7 heteroatoms. The number of furan rings is 1. The molecule has 0 bridgehead atoms. The van der Waals surface area contributed by atoms with Crippen molar-refractivity contribution in [3.63, 3.8) is 0 Å². The highest BCUT2D eigenvalue weighted by Gasteiger charge is 2.14. The summed E-state index contributed by atoms with van der Waals surface area (Å²) in [6.45, 7) is 3.81. The molecule has 28 heavy (non-hydrogen) atoms. The van der Waals surface area contributed by atoms with Crippen molar-refractivity contribution in [1.82, 2.24) is 0 Å². The molecule has 1 heterocycles. The Labute approximate surface area is 163 Å². The molecule has 0 aliphatic carbocycles. The molecule has 3 rings (SSSR count). The average molecular weight is 396 g/mol. The first kappa shape index (κ1) is 19.4. The molecule has 0 radical (unpaired) electrons. The summed E-state index contributed by atoms with van der Waals surface area (Å²) < 4.78 is 32.8. The summed E-state index contributed by atoms with van der Waals surface area (Å²) in [6.07, 6.45) is 4.40. The fourth-order valence-corrected chi connectivity index (χ4v) is 3.73. The smallest absolute Gasteiger partial charge is 0.261 e. The van der Waals surface area contributed by atoms with E-state index in [-0.39, 0.29) is 10.8 Å². The monoisotopic (exact) mass is 396 g/mol. The van der Waals surface area contributed by atoms with Gasteiger partial charge in [0.25, 0.3) is 10.0 Å². The van der Waals surface area contributed by atoms with E-state index in [4.69, 9.17) is 4.42 Å². The molecule has 1 aromatic heterocycles. The van der Waals surface area contributed by atoms with Gasteiger partial charge in [-0.05, 0) is 79.6 Å². The van der Waals surface area contributed by atoms with Gasteiger partial charge in [-0.1, -0.05) is 6.07 Å². The van der Waals surface area contributed by atoms with Crippen LogP contribution in [0.15, 0.2) is 76.2 Å². The minimum absolute atomic E-state index is 0.107. The van der Waals surface area contributed by atoms with Gasteiger partial charge in [0.2, 0.25) is 5.91 Å². The Hall–Kier alpha value is -3.32. The van der Waals surface area contributed by atoms with Crippen molar-refractivity contribution in [2.75, 3.05) is 10.0 Å². The van der Waals surface area contributed by atoms with Crippen LogP contribution in [0.1, 0.15) is 16.9 Å². The van der Waals surface area contributed by atoms with Crippen molar-refractivity contribution in [2.45, 2.75) is 18.7 Å². The Kier molecular flexibility index (Phi) is 5.65. The molecular formula is C21H20N2O4S. The number of hydrogen-bond donors (Lipinski definition) is 2. The maximum absolute atomic E-state index is 12.6. The van der Waals surface area contributed by atoms with E-state index in [0.29, 0.717) is 17.1 Å². The normalized spacial score (nSPS) is 11.5. The topological polar surface area (TPSA) is 88.4 Å². The number of benzene rings is 2. The number of anilines is 2. The number of carbonyl (C=O) groups is 1. The van der Waals surface area contributed by atoms with Crippen molar-refractivity contribution in [1.29, 1.82) is 0 Å². The summed E-state index contributed by atoms with van der Waals surface area (Å²) in [6, 6.07) is 14.9. The Morgan fingerprint density at radius 1 is 0.964 bits per heavy atom. The van der Waals surface area contributed by atoms with Crippen molar-refractivity contribution < 1.29 is 17.6 Å². The van der Waals surface area contributed by atoms with Gasteiger partial charge >= 0.3 is 0 Å². The standard InChI is InChI=1S/C21H20N2O4S/c1-15-12-16(2)14-18(13-15)23-28(25,26)20-8-5-17(6-9-20)22-21(24)10-7-19-4-3-11-27-19/h3-14,23H,1-2H3,(H,22,24)/b10-7+. The van der Waals surface area contributed by atoms with Gasteiger partial charge in [0, 0.05) is 17.5 Å². The van der Waals surface area contributed by atoms with Crippen molar-refractivity contribution in [3.8, 4) is 0 Å². The summed E-state index contributed by atoms with van der Waals surface area (Å²) in [5, 5.41) is 2.67. The highest BCUT2D eigenvalue weighted by atomic mass is 32.2. The number of sulfonamides is 1. The zero-order valence-electron chi connectivity index (χ0n) is 15.5. The largest absolute Gasteiger partial charge is 0.465 e. The fraction of sp³-hybridized carbons (Fsp3) is 0.0952. The van der Waals surface area contributed by atoms with Crippen LogP contribution in [0.25, 0.3) is 6.08 Å². The molecule has 2 N–H and O–H groups in total. The summed E-state index contributed by atoms with van der Waals surface area (Å²) in [5.74, 6) is 0.217. The lowest BCUT2D eigenvalue weighted by atomic mass is 10.1. The van der Waals surface area contributed by atoms with Gasteiger partial charge in [-0.25, -0.2) is 8.42 Å². The van der Waals surface area contributed by atoms with E-state index < -0.39 is 10.0 Å². The Bertz CT molecular complexity index is 1080. The van der Waals surface area contributed by atoms with Gasteiger partial charge in [-0.15, -0.1) is 0 Å². The molecule has 0 aliphatic rings. The molecule has 0 aliphatic heterocycles. The van der Waals surface area contributed by atoms with E-state index in [9.17, 15) is 13.2 Å². The van der Waals surface area contributed by atoms with Gasteiger partial charge < -0.3 is 9.73 Å². The second kappa shape index (κ2) is 8.14. The van der Waals surface area contributed by atoms with Crippen LogP contribution in [0.3, 0.4) is 0 Å². The molecule has 0 saturated heterocycles. The van der Waals surface area contributed by atoms with E-state index in [1.165, 1.54) is 36.6 Å². The third-order valence-electron chi connectivity index (χ3n) is 3.85. The Morgan fingerprint density at radius 3 is 2.25 bits per heavy atom. The third-order valence-corrected chi connectivity index (χ3v) is 5.25. The minimum atomic E-state index is -3.72. The molecule has 144 valence electrons. The SMILES string of the molecule is Cc1cc(C)cc(NS(=O)(=O)c2ccc(NC(=O)/C=C/c3ccco3)cc2)c1. The van der Waals surface area contributed by atoms with Crippen molar-refractivity contribution >= 4 is 33.4 Å². The lowest BCUT2D eigenvalue weighted by Crippen LogP contribution is -2.13. The van der Waals surface area contributed by atoms with Gasteiger partial charge in [-0.2, -0.15) is 0 Å². The number of aryl methyl sites for hydroxylation is 2. The maximum Gasteiger partial charge on any atom is 0.261 e. The summed E-state index contributed by atoms with van der Waals surface area (Å²) in [5.41, 5.74) is 2.94. The minimum Gasteiger partial charge on any atom is -0.465 e. The van der Waals surface area contributed by atoms with Crippen molar-refractivity contribution in [2.24, 2.45) is 0 Å². The Morgan fingerprint density at radius 2 is 1.64 bits per heavy atom. The maximum atomic E-state index is 12.6. The highest BCUT2D eigenvalue weighted by molar-refractivity contribution is 7.92. The number of nitrogens with one attached hydrogen (secondary N) is 2. The Balaban J connectivity index is 1.68. The van der Waals surface area contributed by atoms with Crippen LogP contribution < -0.4 is 10.0 Å². The predicted molar refractivity (Wildman–Crippen MR) is 110 cm³/mol. The molecule has 0 unspecified atom stereocenters. The van der Waals surface area contributed by atoms with E-state index >= 15 is 0 Å². The second-order valence-corrected chi connectivity index (χ2v) is 8.03. The quantitative estimate of drug-likeness (QED) is 0.606. The molecular weight excluding hydrogens is 376 g/mol. The van der Waals surface area contributed by atoms with E-state index in [1.807, 2.05) is 19.9 Å². The molecule has 2 aromatic carbocycles. The van der Waals surface area contributed by atoms with E-state index in [1.54, 1.807) is 30.3 Å². The van der Waals surface area contributed by atoms with E-state index in [2.05, 4.69) is 10.0 Å².